The highest BCUT2D eigenvalue weighted by Crippen LogP contribution is 2.19. The van der Waals surface area contributed by atoms with E-state index in [9.17, 15) is 14.4 Å². The van der Waals surface area contributed by atoms with Gasteiger partial charge in [-0.3, -0.25) is 10.1 Å². The molecular formula is C14H18BrN3O4. The standard InChI is InChI=1S/C14H18BrN3O4/c1-2-3-6-17-14(21)18-12(19)8-22-13(20)10-7-9(15)4-5-11(10)16/h4-5,7H,2-3,6,8,16H2,1H3,(H2,17,18,19,21). The van der Waals surface area contributed by atoms with E-state index in [1.165, 1.54) is 6.07 Å². The minimum atomic E-state index is -0.736. The summed E-state index contributed by atoms with van der Waals surface area (Å²) in [6.45, 7) is 1.90. The number of nitrogens with two attached hydrogens (primary N) is 1. The Kier molecular flexibility index (Phi) is 7.38. The average molecular weight is 372 g/mol. The smallest absolute Gasteiger partial charge is 0.340 e. The van der Waals surface area contributed by atoms with Crippen LogP contribution in [0.2, 0.25) is 0 Å². The highest BCUT2D eigenvalue weighted by atomic mass is 79.9. The van der Waals surface area contributed by atoms with E-state index >= 15 is 0 Å². The zero-order valence-electron chi connectivity index (χ0n) is 12.1. The molecule has 0 bridgehead atoms. The van der Waals surface area contributed by atoms with Crippen LogP contribution in [0.3, 0.4) is 0 Å². The Morgan fingerprint density at radius 3 is 2.73 bits per heavy atom. The summed E-state index contributed by atoms with van der Waals surface area (Å²) in [4.78, 5) is 34.6. The molecule has 0 heterocycles. The van der Waals surface area contributed by atoms with E-state index in [2.05, 4.69) is 26.6 Å². The monoisotopic (exact) mass is 371 g/mol. The summed E-state index contributed by atoms with van der Waals surface area (Å²) >= 11 is 3.21. The van der Waals surface area contributed by atoms with Crippen LogP contribution in [0.5, 0.6) is 0 Å². The van der Waals surface area contributed by atoms with Crippen molar-refractivity contribution in [2.45, 2.75) is 19.8 Å². The lowest BCUT2D eigenvalue weighted by molar-refractivity contribution is -0.123. The van der Waals surface area contributed by atoms with Crippen molar-refractivity contribution in [2.24, 2.45) is 0 Å². The molecule has 120 valence electrons. The number of esters is 1. The summed E-state index contributed by atoms with van der Waals surface area (Å²) in [5.74, 6) is -1.45. The first kappa shape index (κ1) is 18.0. The predicted molar refractivity (Wildman–Crippen MR) is 85.3 cm³/mol. The van der Waals surface area contributed by atoms with Gasteiger partial charge in [0.15, 0.2) is 6.61 Å². The molecule has 0 saturated heterocycles. The first-order valence-electron chi connectivity index (χ1n) is 6.74. The van der Waals surface area contributed by atoms with Gasteiger partial charge in [-0.05, 0) is 24.6 Å². The normalized spacial score (nSPS) is 9.91. The first-order chi connectivity index (χ1) is 10.4. The number of ether oxygens (including phenoxy) is 1. The van der Waals surface area contributed by atoms with Gasteiger partial charge in [-0.15, -0.1) is 0 Å². The van der Waals surface area contributed by atoms with Crippen LogP contribution in [0, 0.1) is 0 Å². The molecule has 0 aliphatic carbocycles. The third-order valence-corrected chi connectivity index (χ3v) is 3.13. The number of amides is 3. The van der Waals surface area contributed by atoms with Gasteiger partial charge in [-0.1, -0.05) is 29.3 Å². The number of carbonyl (C=O) groups is 3. The van der Waals surface area contributed by atoms with E-state index in [4.69, 9.17) is 10.5 Å². The molecule has 0 fully saturated rings. The second-order valence-corrected chi connectivity index (χ2v) is 5.38. The number of rotatable bonds is 6. The highest BCUT2D eigenvalue weighted by Gasteiger charge is 2.14. The SMILES string of the molecule is CCCCNC(=O)NC(=O)COC(=O)c1cc(Br)ccc1N. The molecular weight excluding hydrogens is 354 g/mol. The van der Waals surface area contributed by atoms with Gasteiger partial charge in [0.25, 0.3) is 5.91 Å². The van der Waals surface area contributed by atoms with Crippen molar-refractivity contribution < 1.29 is 19.1 Å². The Morgan fingerprint density at radius 2 is 2.05 bits per heavy atom. The van der Waals surface area contributed by atoms with E-state index in [0.717, 1.165) is 12.8 Å². The van der Waals surface area contributed by atoms with Gasteiger partial charge in [0.2, 0.25) is 0 Å². The van der Waals surface area contributed by atoms with Gasteiger partial charge in [-0.2, -0.15) is 0 Å². The Morgan fingerprint density at radius 1 is 1.32 bits per heavy atom. The van der Waals surface area contributed by atoms with Gasteiger partial charge < -0.3 is 15.8 Å². The number of carbonyl (C=O) groups excluding carboxylic acids is 3. The summed E-state index contributed by atoms with van der Waals surface area (Å²) < 4.78 is 5.48. The molecule has 1 rings (SSSR count). The quantitative estimate of drug-likeness (QED) is 0.401. The van der Waals surface area contributed by atoms with E-state index in [1.54, 1.807) is 12.1 Å². The topological polar surface area (TPSA) is 111 Å². The number of benzene rings is 1. The maximum atomic E-state index is 11.8. The molecule has 0 radical (unpaired) electrons. The van der Waals surface area contributed by atoms with Crippen molar-refractivity contribution in [2.75, 3.05) is 18.9 Å². The lowest BCUT2D eigenvalue weighted by atomic mass is 10.2. The van der Waals surface area contributed by atoms with Crippen molar-refractivity contribution in [3.8, 4) is 0 Å². The predicted octanol–water partition coefficient (Wildman–Crippen LogP) is 1.81. The first-order valence-corrected chi connectivity index (χ1v) is 7.53. The number of hydrogen-bond acceptors (Lipinski definition) is 5. The molecule has 0 aliphatic heterocycles. The van der Waals surface area contributed by atoms with Gasteiger partial charge in [0.1, 0.15) is 0 Å². The number of urea groups is 1. The Balaban J connectivity index is 2.42. The number of unbranched alkanes of at least 4 members (excludes halogenated alkanes) is 1. The zero-order chi connectivity index (χ0) is 16.5. The maximum Gasteiger partial charge on any atom is 0.340 e. The van der Waals surface area contributed by atoms with Crippen LogP contribution in [-0.4, -0.2) is 31.1 Å². The number of nitrogens with one attached hydrogen (secondary N) is 2. The maximum absolute atomic E-state index is 11.8. The lowest BCUT2D eigenvalue weighted by Crippen LogP contribution is -2.41. The summed E-state index contributed by atoms with van der Waals surface area (Å²) in [7, 11) is 0. The molecule has 4 N–H and O–H groups in total. The van der Waals surface area contributed by atoms with Crippen LogP contribution >= 0.6 is 15.9 Å². The van der Waals surface area contributed by atoms with Crippen LogP contribution in [0.1, 0.15) is 30.1 Å². The zero-order valence-corrected chi connectivity index (χ0v) is 13.7. The lowest BCUT2D eigenvalue weighted by Gasteiger charge is -2.08. The van der Waals surface area contributed by atoms with Crippen molar-refractivity contribution in [3.63, 3.8) is 0 Å². The second-order valence-electron chi connectivity index (χ2n) is 4.47. The van der Waals surface area contributed by atoms with Crippen LogP contribution in [-0.2, 0) is 9.53 Å². The summed E-state index contributed by atoms with van der Waals surface area (Å²) in [6.07, 6.45) is 1.75. The Bertz CT molecular complexity index is 563. The van der Waals surface area contributed by atoms with Crippen LogP contribution in [0.25, 0.3) is 0 Å². The van der Waals surface area contributed by atoms with Crippen LogP contribution in [0.4, 0.5) is 10.5 Å². The highest BCUT2D eigenvalue weighted by molar-refractivity contribution is 9.10. The summed E-state index contributed by atoms with van der Waals surface area (Å²) in [5, 5.41) is 4.58. The largest absolute Gasteiger partial charge is 0.452 e. The number of halogens is 1. The van der Waals surface area contributed by atoms with Crippen molar-refractivity contribution in [3.05, 3.63) is 28.2 Å². The average Bonchev–Trinajstić information content (AvgIpc) is 2.47. The molecule has 8 heteroatoms. The number of nitrogen functional groups attached to an aromatic ring is 1. The van der Waals surface area contributed by atoms with Gasteiger partial charge in [0, 0.05) is 16.7 Å². The molecule has 0 atom stereocenters. The number of anilines is 1. The van der Waals surface area contributed by atoms with Crippen LogP contribution < -0.4 is 16.4 Å². The van der Waals surface area contributed by atoms with Crippen LogP contribution in [0.15, 0.2) is 22.7 Å². The minimum Gasteiger partial charge on any atom is -0.452 e. The Labute approximate surface area is 136 Å². The van der Waals surface area contributed by atoms with Crippen molar-refractivity contribution in [1.82, 2.24) is 10.6 Å². The molecule has 0 unspecified atom stereocenters. The fraction of sp³-hybridized carbons (Fsp3) is 0.357. The summed E-state index contributed by atoms with van der Waals surface area (Å²) in [6, 6.07) is 4.10. The van der Waals surface area contributed by atoms with E-state index in [0.29, 0.717) is 11.0 Å². The van der Waals surface area contributed by atoms with E-state index in [-0.39, 0.29) is 11.3 Å². The van der Waals surface area contributed by atoms with E-state index < -0.39 is 24.5 Å². The number of hydrogen-bond donors (Lipinski definition) is 3. The summed E-state index contributed by atoms with van der Waals surface area (Å²) in [5.41, 5.74) is 6.05. The molecule has 3 amide bonds. The third-order valence-electron chi connectivity index (χ3n) is 2.64. The van der Waals surface area contributed by atoms with Crippen molar-refractivity contribution >= 4 is 39.5 Å². The molecule has 0 saturated carbocycles. The van der Waals surface area contributed by atoms with E-state index in [1.807, 2.05) is 6.92 Å². The molecule has 0 aliphatic rings. The molecule has 22 heavy (non-hydrogen) atoms. The van der Waals surface area contributed by atoms with Gasteiger partial charge >= 0.3 is 12.0 Å². The third kappa shape index (κ3) is 6.13. The molecule has 0 aromatic heterocycles. The van der Waals surface area contributed by atoms with Gasteiger partial charge in [0.05, 0.1) is 5.56 Å². The Hall–Kier alpha value is -2.09. The molecule has 1 aromatic carbocycles. The second kappa shape index (κ2) is 9.04. The fourth-order valence-corrected chi connectivity index (χ4v) is 1.86. The molecule has 7 nitrogen and oxygen atoms in total. The van der Waals surface area contributed by atoms with Crippen molar-refractivity contribution in [1.29, 1.82) is 0 Å². The molecule has 1 aromatic rings. The molecule has 0 spiro atoms. The minimum absolute atomic E-state index is 0.148. The number of imide groups is 1. The van der Waals surface area contributed by atoms with Gasteiger partial charge in [-0.25, -0.2) is 9.59 Å². The fourth-order valence-electron chi connectivity index (χ4n) is 1.50.